The summed E-state index contributed by atoms with van der Waals surface area (Å²) in [6.45, 7) is 0. The Morgan fingerprint density at radius 2 is 0.422 bits per heavy atom. The molecule has 0 amide bonds. The average molecular weight is 1510 g/mol. The van der Waals surface area contributed by atoms with Crippen LogP contribution in [0.2, 0.25) is 0 Å². The summed E-state index contributed by atoms with van der Waals surface area (Å²) in [5, 5.41) is 1.96. The van der Waals surface area contributed by atoms with Crippen LogP contribution >= 0.6 is 0 Å². The van der Waals surface area contributed by atoms with Crippen LogP contribution in [0.4, 0.5) is 22.0 Å². The van der Waals surface area contributed by atoms with Gasteiger partial charge in [0.15, 0.2) is 69.9 Å². The molecule has 0 atom stereocenters. The molecule has 0 bridgehead atoms. The molecule has 20 rings (SSSR count). The van der Waals surface area contributed by atoms with E-state index in [4.69, 9.17) is 59.8 Å². The van der Waals surface area contributed by atoms with Crippen molar-refractivity contribution in [2.75, 3.05) is 0 Å². The number of fused-ring (bicyclic) bond motifs is 6. The number of halogens is 5. The van der Waals surface area contributed by atoms with Crippen LogP contribution in [0.5, 0.6) is 0 Å². The van der Waals surface area contributed by atoms with Crippen molar-refractivity contribution in [3.63, 3.8) is 0 Å². The Hall–Kier alpha value is -15.6. The molecule has 6 aromatic heterocycles. The van der Waals surface area contributed by atoms with Gasteiger partial charge in [-0.15, -0.1) is 0 Å². The predicted octanol–water partition coefficient (Wildman–Crippen LogP) is 23.6. The number of rotatable bonds is 15. The van der Waals surface area contributed by atoms with Gasteiger partial charge in [-0.05, 0) is 48.5 Å². The Labute approximate surface area is 659 Å². The SMILES string of the molecule is Fc1cccc(F)c1-c1ccc(-n2c3cc(-c4nc(-c5ccccc5)nc(-c5ccccc5)n4)ccc3c3ccc(-c4nc(-c5ccccc5)nc(-c5ccccc5)n4)cc32)c(C(F)(F)F)c1-n1c2cc(-c3nc(-c4ccccc4)nc(-c4ccccc4)n3)ccc2c2ccc(-c3nc(-c4ccccc4)nc(-c4ccccc4)n3)cc21. The van der Waals surface area contributed by atoms with Gasteiger partial charge >= 0.3 is 6.18 Å². The van der Waals surface area contributed by atoms with Gasteiger partial charge in [0.25, 0.3) is 0 Å². The molecule has 14 nitrogen and oxygen atoms in total. The van der Waals surface area contributed by atoms with Crippen LogP contribution in [0.15, 0.2) is 346 Å². The van der Waals surface area contributed by atoms with Gasteiger partial charge in [-0.2, -0.15) is 13.2 Å². The Morgan fingerprint density at radius 3 is 0.647 bits per heavy atom. The van der Waals surface area contributed by atoms with Crippen LogP contribution in [0.25, 0.3) is 203 Å². The van der Waals surface area contributed by atoms with Crippen LogP contribution in [0, 0.1) is 11.6 Å². The minimum atomic E-state index is -5.40. The zero-order valence-electron chi connectivity index (χ0n) is 61.1. The maximum Gasteiger partial charge on any atom is 0.420 e. The van der Waals surface area contributed by atoms with Gasteiger partial charge in [-0.25, -0.2) is 68.6 Å². The molecule has 0 spiro atoms. The summed E-state index contributed by atoms with van der Waals surface area (Å²) in [6, 6.07) is 103. The number of alkyl halides is 3. The lowest BCUT2D eigenvalue weighted by atomic mass is 9.96. The summed E-state index contributed by atoms with van der Waals surface area (Å²) in [5.41, 5.74) is 4.45. The highest BCUT2D eigenvalue weighted by molar-refractivity contribution is 6.14. The molecule has 0 radical (unpaired) electrons. The lowest BCUT2D eigenvalue weighted by Gasteiger charge is -2.25. The van der Waals surface area contributed by atoms with Gasteiger partial charge in [0.05, 0.1) is 39.0 Å². The molecule has 0 aliphatic rings. The second kappa shape index (κ2) is 28.9. The molecular weight excluding hydrogens is 1460 g/mol. The van der Waals surface area contributed by atoms with E-state index in [0.29, 0.717) is 135 Å². The van der Waals surface area contributed by atoms with E-state index >= 15 is 22.0 Å². The van der Waals surface area contributed by atoms with Crippen molar-refractivity contribution < 1.29 is 22.0 Å². The number of benzene rings is 14. The molecular formula is C97H57F5N14. The van der Waals surface area contributed by atoms with Crippen LogP contribution < -0.4 is 0 Å². The number of nitrogens with zero attached hydrogens (tertiary/aromatic N) is 14. The quantitative estimate of drug-likeness (QED) is 0.0894. The third-order valence-corrected chi connectivity index (χ3v) is 20.5. The Balaban J connectivity index is 0.915. The summed E-state index contributed by atoms with van der Waals surface area (Å²) >= 11 is 0. The molecule has 20 aromatic rings. The van der Waals surface area contributed by atoms with Crippen LogP contribution in [-0.2, 0) is 6.18 Å². The lowest BCUT2D eigenvalue weighted by Crippen LogP contribution is -2.17. The van der Waals surface area contributed by atoms with Crippen molar-refractivity contribution >= 4 is 43.6 Å². The smallest absolute Gasteiger partial charge is 0.309 e. The highest BCUT2D eigenvalue weighted by atomic mass is 19.4. The molecule has 0 saturated heterocycles. The Kier molecular flexibility index (Phi) is 17.3. The first kappa shape index (κ1) is 69.6. The fourth-order valence-corrected chi connectivity index (χ4v) is 15.1. The summed E-state index contributed by atoms with van der Waals surface area (Å²) in [5.74, 6) is 1.29. The second-order valence-corrected chi connectivity index (χ2v) is 27.7. The van der Waals surface area contributed by atoms with Gasteiger partial charge in [0.2, 0.25) is 0 Å². The molecule has 0 aliphatic carbocycles. The van der Waals surface area contributed by atoms with Crippen molar-refractivity contribution in [3.05, 3.63) is 363 Å². The van der Waals surface area contributed by atoms with E-state index in [2.05, 4.69) is 0 Å². The van der Waals surface area contributed by atoms with Crippen molar-refractivity contribution in [3.8, 4) is 159 Å². The number of hydrogen-bond acceptors (Lipinski definition) is 12. The standard InChI is InChI=1S/C97H57F5N14/c98-75-42-25-43-76(99)82(75)74-52-53-77(115-78-54-66(93-107-85(58-26-9-1-10-27-58)103-86(108-93)59-28-11-2-12-29-59)44-48-70(78)71-49-45-67(55-79(71)115)94-109-87(60-30-13-3-14-31-60)104-88(110-94)61-32-15-4-16-33-61)83(97(100,101)102)84(74)116-80-56-68(95-111-89(62-34-17-5-18-35-62)105-90(112-95)63-36-19-6-20-37-63)46-50-72(80)73-51-47-69(57-81(73)116)96-113-91(64-38-21-7-22-39-64)106-92(114-96)65-40-23-8-24-41-65/h1-57H. The first-order valence-corrected chi connectivity index (χ1v) is 37.3. The zero-order chi connectivity index (χ0) is 78.0. The first-order valence-electron chi connectivity index (χ1n) is 37.3. The molecule has 550 valence electrons. The molecule has 0 saturated carbocycles. The topological polar surface area (TPSA) is 165 Å². The van der Waals surface area contributed by atoms with Gasteiger partial charge in [-0.3, -0.25) is 0 Å². The molecule has 116 heavy (non-hydrogen) atoms. The fourth-order valence-electron chi connectivity index (χ4n) is 15.1. The second-order valence-electron chi connectivity index (χ2n) is 27.7. The largest absolute Gasteiger partial charge is 0.420 e. The van der Waals surface area contributed by atoms with Crippen molar-refractivity contribution in [1.82, 2.24) is 68.9 Å². The summed E-state index contributed by atoms with van der Waals surface area (Å²) < 4.78 is 94.3. The minimum absolute atomic E-state index is 0.173. The fraction of sp³-hybridized carbons (Fsp3) is 0.0103. The maximum absolute atomic E-state index is 18.7. The van der Waals surface area contributed by atoms with Gasteiger partial charge in [-0.1, -0.05) is 297 Å². The van der Waals surface area contributed by atoms with E-state index in [0.717, 1.165) is 12.1 Å². The number of aromatic nitrogens is 14. The first-order chi connectivity index (χ1) is 56.9. The summed E-state index contributed by atoms with van der Waals surface area (Å²) in [4.78, 5) is 60.8. The lowest BCUT2D eigenvalue weighted by molar-refractivity contribution is -0.137. The van der Waals surface area contributed by atoms with Crippen LogP contribution in [-0.4, -0.2) is 68.9 Å². The minimum Gasteiger partial charge on any atom is -0.309 e. The van der Waals surface area contributed by atoms with Crippen molar-refractivity contribution in [2.45, 2.75) is 6.18 Å². The zero-order valence-corrected chi connectivity index (χ0v) is 61.1. The monoisotopic (exact) mass is 1510 g/mol. The van der Waals surface area contributed by atoms with Crippen LogP contribution in [0.3, 0.4) is 0 Å². The highest BCUT2D eigenvalue weighted by Gasteiger charge is 2.42. The molecule has 0 unspecified atom stereocenters. The Morgan fingerprint density at radius 1 is 0.207 bits per heavy atom. The van der Waals surface area contributed by atoms with E-state index in [-0.39, 0.29) is 45.4 Å². The Bertz CT molecular complexity index is 6570. The van der Waals surface area contributed by atoms with Gasteiger partial charge < -0.3 is 9.13 Å². The summed E-state index contributed by atoms with van der Waals surface area (Å²) in [6.07, 6.45) is -5.40. The molecule has 6 heterocycles. The van der Waals surface area contributed by atoms with E-state index in [9.17, 15) is 0 Å². The molecule has 0 fully saturated rings. The van der Waals surface area contributed by atoms with E-state index in [1.54, 1.807) is 41.0 Å². The summed E-state index contributed by atoms with van der Waals surface area (Å²) in [7, 11) is 0. The average Bonchev–Trinajstić information content (AvgIpc) is 1.52. The maximum atomic E-state index is 18.7. The van der Waals surface area contributed by atoms with Crippen LogP contribution in [0.1, 0.15) is 5.56 Å². The van der Waals surface area contributed by atoms with Gasteiger partial charge in [0, 0.05) is 93.9 Å². The van der Waals surface area contributed by atoms with Gasteiger partial charge in [0.1, 0.15) is 17.2 Å². The van der Waals surface area contributed by atoms with Crippen molar-refractivity contribution in [2.24, 2.45) is 0 Å². The molecule has 19 heteroatoms. The molecule has 0 aliphatic heterocycles. The van der Waals surface area contributed by atoms with E-state index in [1.807, 2.05) is 279 Å². The normalized spacial score (nSPS) is 11.7. The highest BCUT2D eigenvalue weighted by Crippen LogP contribution is 2.50. The predicted molar refractivity (Wildman–Crippen MR) is 444 cm³/mol. The molecule has 0 N–H and O–H groups in total. The third kappa shape index (κ3) is 12.9. The molecule has 14 aromatic carbocycles. The van der Waals surface area contributed by atoms with Crippen molar-refractivity contribution in [1.29, 1.82) is 0 Å². The van der Waals surface area contributed by atoms with E-state index in [1.165, 1.54) is 22.8 Å². The third-order valence-electron chi connectivity index (χ3n) is 20.5. The number of hydrogen-bond donors (Lipinski definition) is 0. The van der Waals surface area contributed by atoms with E-state index < -0.39 is 45.9 Å².